The van der Waals surface area contributed by atoms with E-state index in [1.807, 2.05) is 0 Å². The van der Waals surface area contributed by atoms with Crippen molar-refractivity contribution in [3.63, 3.8) is 0 Å². The molecule has 0 atom stereocenters. The van der Waals surface area contributed by atoms with E-state index in [0.29, 0.717) is 0 Å². The summed E-state index contributed by atoms with van der Waals surface area (Å²) in [6, 6.07) is 42.8. The molecule has 5 aromatic carbocycles. The summed E-state index contributed by atoms with van der Waals surface area (Å²) in [5.41, 5.74) is 10.5. The maximum absolute atomic E-state index is 6.29. The van der Waals surface area contributed by atoms with Gasteiger partial charge in [0.05, 0.1) is 22.4 Å². The Hall–Kier alpha value is -4.13. The first kappa shape index (κ1) is 40.6. The van der Waals surface area contributed by atoms with Gasteiger partial charge in [-0.15, -0.1) is 0 Å². The fourth-order valence-corrected chi connectivity index (χ4v) is 8.59. The number of hydrogen-bond acceptors (Lipinski definition) is 4. The van der Waals surface area contributed by atoms with Crippen molar-refractivity contribution in [2.24, 2.45) is 0 Å². The molecule has 5 nitrogen and oxygen atoms in total. The molecule has 6 aromatic rings. The van der Waals surface area contributed by atoms with Crippen LogP contribution in [-0.2, 0) is 57.3 Å². The van der Waals surface area contributed by atoms with E-state index in [4.69, 9.17) is 18.6 Å². The highest BCUT2D eigenvalue weighted by molar-refractivity contribution is 6.62. The molecule has 2 fully saturated rings. The Balaban J connectivity index is 0.925. The van der Waals surface area contributed by atoms with E-state index in [9.17, 15) is 0 Å². The highest BCUT2D eigenvalue weighted by Crippen LogP contribution is 2.38. The lowest BCUT2D eigenvalue weighted by Crippen LogP contribution is -2.41. The predicted molar refractivity (Wildman–Crippen MR) is 243 cm³/mol. The largest absolute Gasteiger partial charge is 0.494 e. The first-order chi connectivity index (χ1) is 27.7. The average molecular weight is 774 g/mol. The Labute approximate surface area is 347 Å². The van der Waals surface area contributed by atoms with Crippen molar-refractivity contribution in [3.8, 4) is 0 Å². The Kier molecular flexibility index (Phi) is 11.3. The van der Waals surface area contributed by atoms with Crippen LogP contribution in [0.4, 0.5) is 0 Å². The van der Waals surface area contributed by atoms with Crippen molar-refractivity contribution >= 4 is 47.0 Å². The summed E-state index contributed by atoms with van der Waals surface area (Å²) in [5, 5.41) is 2.68. The second kappa shape index (κ2) is 16.1. The lowest BCUT2D eigenvalue weighted by atomic mass is 9.78. The number of aryl methyl sites for hydroxylation is 6. The van der Waals surface area contributed by atoms with Gasteiger partial charge in [-0.2, -0.15) is 0 Å². The number of para-hydroxylation sites is 2. The minimum Gasteiger partial charge on any atom is -0.399 e. The fourth-order valence-electron chi connectivity index (χ4n) is 8.59. The van der Waals surface area contributed by atoms with Crippen molar-refractivity contribution in [3.05, 3.63) is 143 Å². The van der Waals surface area contributed by atoms with Crippen LogP contribution in [0.15, 0.2) is 115 Å². The zero-order valence-corrected chi connectivity index (χ0v) is 36.1. The molecule has 1 aromatic heterocycles. The van der Waals surface area contributed by atoms with Gasteiger partial charge in [0.2, 0.25) is 0 Å². The van der Waals surface area contributed by atoms with Crippen molar-refractivity contribution in [2.75, 3.05) is 0 Å². The smallest absolute Gasteiger partial charge is 0.399 e. The summed E-state index contributed by atoms with van der Waals surface area (Å²) >= 11 is 0. The lowest BCUT2D eigenvalue weighted by molar-refractivity contribution is 0.00578. The van der Waals surface area contributed by atoms with Crippen LogP contribution in [0, 0.1) is 0 Å². The summed E-state index contributed by atoms with van der Waals surface area (Å²) < 4.78 is 27.7. The van der Waals surface area contributed by atoms with Crippen LogP contribution in [0.2, 0.25) is 0 Å². The quantitative estimate of drug-likeness (QED) is 0.103. The van der Waals surface area contributed by atoms with Crippen molar-refractivity contribution in [2.45, 2.75) is 136 Å². The van der Waals surface area contributed by atoms with Gasteiger partial charge in [0.25, 0.3) is 0 Å². The maximum Gasteiger partial charge on any atom is 0.494 e. The van der Waals surface area contributed by atoms with Gasteiger partial charge < -0.3 is 23.2 Å². The standard InChI is InChI=1S/C51H61B2NO4/c1-48(2)49(3,4)56-52(55-48)42-29-25-37(26-30-42)16-13-18-39-34-40(19-14-17-38-27-31-43(32-28-38)53-57-50(5,6)51(7,8)58-53)36-41(35-39)20-15-33-54-46-23-11-9-21-44(46)45-22-10-12-24-47(45)54/h9-12,21-32,34-36H,13-20,33H2,1-8H3. The van der Waals surface area contributed by atoms with Crippen LogP contribution in [0.25, 0.3) is 21.8 Å². The topological polar surface area (TPSA) is 41.9 Å². The molecule has 300 valence electrons. The van der Waals surface area contributed by atoms with E-state index >= 15 is 0 Å². The molecule has 2 aliphatic rings. The molecule has 7 heteroatoms. The predicted octanol–water partition coefficient (Wildman–Crippen LogP) is 10.4. The van der Waals surface area contributed by atoms with Gasteiger partial charge in [-0.1, -0.05) is 103 Å². The molecule has 0 amide bonds. The molecule has 0 unspecified atom stereocenters. The number of aromatic nitrogens is 1. The van der Waals surface area contributed by atoms with Gasteiger partial charge in [0.1, 0.15) is 0 Å². The van der Waals surface area contributed by atoms with Crippen LogP contribution in [0.1, 0.15) is 102 Å². The monoisotopic (exact) mass is 773 g/mol. The molecular weight excluding hydrogens is 712 g/mol. The number of nitrogens with zero attached hydrogens (tertiary/aromatic N) is 1. The highest BCUT2D eigenvalue weighted by atomic mass is 16.7. The fraction of sp³-hybridized carbons (Fsp3) is 0.412. The Morgan fingerprint density at radius 2 is 0.724 bits per heavy atom. The normalized spacial score (nSPS) is 18.1. The Bertz CT molecular complexity index is 2170. The summed E-state index contributed by atoms with van der Waals surface area (Å²) in [6.45, 7) is 17.9. The van der Waals surface area contributed by atoms with E-state index in [1.54, 1.807) is 0 Å². The van der Waals surface area contributed by atoms with Crippen LogP contribution in [0.3, 0.4) is 0 Å². The van der Waals surface area contributed by atoms with Gasteiger partial charge in [0, 0.05) is 28.4 Å². The summed E-state index contributed by atoms with van der Waals surface area (Å²) in [5.74, 6) is 0. The third kappa shape index (κ3) is 8.47. The molecule has 0 saturated carbocycles. The molecule has 0 radical (unpaired) electrons. The first-order valence-electron chi connectivity index (χ1n) is 21.6. The third-order valence-electron chi connectivity index (χ3n) is 13.5. The Morgan fingerprint density at radius 3 is 1.10 bits per heavy atom. The first-order valence-corrected chi connectivity index (χ1v) is 21.6. The number of benzene rings is 5. The zero-order chi connectivity index (χ0) is 40.7. The third-order valence-corrected chi connectivity index (χ3v) is 13.5. The molecule has 0 N–H and O–H groups in total. The van der Waals surface area contributed by atoms with Gasteiger partial charge in [-0.25, -0.2) is 0 Å². The van der Waals surface area contributed by atoms with E-state index in [2.05, 4.69) is 175 Å². The van der Waals surface area contributed by atoms with Gasteiger partial charge in [0.15, 0.2) is 0 Å². The molecule has 2 saturated heterocycles. The lowest BCUT2D eigenvalue weighted by Gasteiger charge is -2.32. The molecule has 8 rings (SSSR count). The van der Waals surface area contributed by atoms with Gasteiger partial charge in [-0.05, 0) is 158 Å². The van der Waals surface area contributed by atoms with Crippen molar-refractivity contribution in [1.82, 2.24) is 4.57 Å². The second-order valence-electron chi connectivity index (χ2n) is 18.8. The number of hydrogen-bond donors (Lipinski definition) is 0. The summed E-state index contributed by atoms with van der Waals surface area (Å²) in [6.07, 6.45) is 8.57. The molecule has 0 aliphatic carbocycles. The van der Waals surface area contributed by atoms with Crippen molar-refractivity contribution < 1.29 is 18.6 Å². The van der Waals surface area contributed by atoms with E-state index < -0.39 is 0 Å². The van der Waals surface area contributed by atoms with Crippen LogP contribution in [-0.4, -0.2) is 41.2 Å². The molecule has 0 bridgehead atoms. The molecule has 2 aliphatic heterocycles. The number of rotatable bonds is 14. The minimum absolute atomic E-state index is 0.323. The average Bonchev–Trinajstić information content (AvgIpc) is 3.72. The molecule has 58 heavy (non-hydrogen) atoms. The molecule has 3 heterocycles. The van der Waals surface area contributed by atoms with Gasteiger partial charge >= 0.3 is 14.2 Å². The van der Waals surface area contributed by atoms with Crippen LogP contribution in [0.5, 0.6) is 0 Å². The van der Waals surface area contributed by atoms with Crippen LogP contribution >= 0.6 is 0 Å². The van der Waals surface area contributed by atoms with Crippen LogP contribution < -0.4 is 10.9 Å². The van der Waals surface area contributed by atoms with Crippen molar-refractivity contribution in [1.29, 1.82) is 0 Å². The molecule has 0 spiro atoms. The number of fused-ring (bicyclic) bond motifs is 3. The highest BCUT2D eigenvalue weighted by Gasteiger charge is 2.52. The Morgan fingerprint density at radius 1 is 0.397 bits per heavy atom. The summed E-state index contributed by atoms with van der Waals surface area (Å²) in [7, 11) is -0.646. The van der Waals surface area contributed by atoms with E-state index in [-0.39, 0.29) is 36.6 Å². The van der Waals surface area contributed by atoms with Gasteiger partial charge in [-0.3, -0.25) is 0 Å². The zero-order valence-electron chi connectivity index (χ0n) is 36.1. The second-order valence-corrected chi connectivity index (χ2v) is 18.8. The van der Waals surface area contributed by atoms with E-state index in [0.717, 1.165) is 68.8 Å². The summed E-state index contributed by atoms with van der Waals surface area (Å²) in [4.78, 5) is 0. The SMILES string of the molecule is CC1(C)OB(c2ccc(CCCc3cc(CCCc4ccc(B5OC(C)(C)C(C)(C)O5)cc4)cc(CCCn4c5ccccc5c5ccccc54)c3)cc2)OC1(C)C. The maximum atomic E-state index is 6.29. The minimum atomic E-state index is -0.337. The molecular formula is C51H61B2NO4. The van der Waals surface area contributed by atoms with E-state index in [1.165, 1.54) is 49.6 Å².